The summed E-state index contributed by atoms with van der Waals surface area (Å²) in [7, 11) is 7.76. The molecule has 1 aliphatic carbocycles. The van der Waals surface area contributed by atoms with Crippen molar-refractivity contribution >= 4 is 215 Å². The maximum atomic E-state index is 12.9. The molecule has 0 bridgehead atoms. The van der Waals surface area contributed by atoms with Crippen LogP contribution >= 0.6 is 76.0 Å². The Bertz CT molecular complexity index is 6800. The number of aromatic nitrogens is 9. The molecule has 13 heterocycles. The monoisotopic (exact) mass is 1990 g/mol. The summed E-state index contributed by atoms with van der Waals surface area (Å²) < 4.78 is 57.6. The van der Waals surface area contributed by atoms with Crippen LogP contribution in [-0.2, 0) is 77.0 Å². The van der Waals surface area contributed by atoms with Gasteiger partial charge in [0.25, 0.3) is 0 Å². The van der Waals surface area contributed by atoms with Gasteiger partial charge in [-0.2, -0.15) is 4.39 Å². The van der Waals surface area contributed by atoms with Crippen molar-refractivity contribution in [2.75, 3.05) is 33.7 Å². The first-order valence-corrected chi connectivity index (χ1v) is 44.0. The number of nitrogens with two attached hydrogens (primary N) is 1. The van der Waals surface area contributed by atoms with Gasteiger partial charge >= 0.3 is 85.0 Å². The zero-order valence-electron chi connectivity index (χ0n) is 76.1. The van der Waals surface area contributed by atoms with Gasteiger partial charge < -0.3 is 58.3 Å². The number of ketones is 5. The van der Waals surface area contributed by atoms with E-state index in [1.807, 2.05) is 199 Å². The number of thiol groups is 1. The molecule has 0 amide bonds. The van der Waals surface area contributed by atoms with E-state index < -0.39 is 52.6 Å². The van der Waals surface area contributed by atoms with E-state index in [4.69, 9.17) is 54.6 Å². The third-order valence-electron chi connectivity index (χ3n) is 22.4. The number of anilines is 1. The molecule has 7 aromatic carbocycles. The number of nitrogen functional groups attached to an aromatic ring is 1. The summed E-state index contributed by atoms with van der Waals surface area (Å²) in [5.74, 6) is -1.88. The number of rotatable bonds is 8. The Kier molecular flexibility index (Phi) is 38.0. The fraction of sp³-hybridized carbons (Fsp3) is 0.250. The van der Waals surface area contributed by atoms with Gasteiger partial charge in [-0.15, -0.1) is 12.4 Å². The number of ether oxygens (including phenoxy) is 4. The summed E-state index contributed by atoms with van der Waals surface area (Å²) in [5, 5.41) is 16.4. The maximum Gasteiger partial charge on any atom is 1.00 e. The summed E-state index contributed by atoms with van der Waals surface area (Å²) in [6, 6.07) is 57.1. The predicted molar refractivity (Wildman–Crippen MR) is 525 cm³/mol. The van der Waals surface area contributed by atoms with Crippen LogP contribution in [0.4, 0.5) is 15.8 Å². The standard InChI is InChI=1S/C17H20BNO3.C15H10ClN3O.C13H11NO3.C12H12O2.C11H8BrNO.C11H9NO.C7H7FN2O3.C4H2Cl2N2.C4H6O2.C2H6.BHNS.ClH.Na.H/c1-16(2)17(3,4)22-18(21-16)14-11-7-5-6-8-12(11)19-10-9-13(20)15(14)19;16-15-17-7-5-10(18-15)13-9-3-1-2-4-11(9)19-8-6-12(20)14(13)19;1-17-13(16)9-7-14-10-5-3-2-4-8(10)6-11(14)12(9)15;1-2-14-12(13)11-7-9-5-3-4-6-10(9)8-11;12-10-7-3-1-2-4-8(7)13-6-5-9(14)11(10)13;13-11-5-6-12-9-4-2-1-3-8(9)7-10(11)12;1-13-7-2-4(8)6(10(11)12)3-5(7)9;5-3-1-2-7-4(6)8-3;1-3-4(5)6-2;1-2;1-2-3;;;/h5-8H,9-10H2,1-4H3;1-5,7H,6,8H2;2-6,9H,7H2,1H3;3-7H,2,8H2,1H3;1-4H,5-6H2;1-4,7H,5-6H2;2-3H,9H2,1H3;1-2H;3H,1H2,2H3;1-2H3;3H;1H;;/q;;;;;;;;;;;;+1;-1. The minimum absolute atomic E-state index is 0. The normalized spacial score (nSPS) is 14.5. The first-order chi connectivity index (χ1) is 63.3. The largest absolute Gasteiger partial charge is 1.00 e. The first-order valence-electron chi connectivity index (χ1n) is 41.7. The van der Waals surface area contributed by atoms with Crippen molar-refractivity contribution in [3.05, 3.63) is 288 Å². The second-order valence-corrected chi connectivity index (χ2v) is 32.7. The molecular formula is C96H94B2BrCl4FN12NaO16S. The Labute approximate surface area is 831 Å². The smallest absolute Gasteiger partial charge is 1.00 e. The van der Waals surface area contributed by atoms with Crippen molar-refractivity contribution in [2.24, 2.45) is 10.2 Å². The first kappa shape index (κ1) is 106. The number of Topliss-reactive ketones (excluding diaryl/α,β-unsaturated/α-hetero) is 5. The van der Waals surface area contributed by atoms with Crippen molar-refractivity contribution in [2.45, 2.75) is 124 Å². The number of hydrogen-bond acceptors (Lipinski definition) is 23. The summed E-state index contributed by atoms with van der Waals surface area (Å²) in [6.45, 7) is 21.1. The van der Waals surface area contributed by atoms with Gasteiger partial charge in [-0.1, -0.05) is 147 Å². The van der Waals surface area contributed by atoms with Gasteiger partial charge in [0.2, 0.25) is 16.4 Å². The number of hydrogen-bond donors (Lipinski definition) is 2. The number of benzene rings is 7. The van der Waals surface area contributed by atoms with E-state index in [1.54, 1.807) is 18.3 Å². The second-order valence-electron chi connectivity index (χ2n) is 30.6. The van der Waals surface area contributed by atoms with Crippen LogP contribution in [0.15, 0.2) is 221 Å². The molecule has 7 aromatic heterocycles. The van der Waals surface area contributed by atoms with E-state index in [9.17, 15) is 52.9 Å². The van der Waals surface area contributed by atoms with Crippen molar-refractivity contribution in [3.63, 3.8) is 0 Å². The summed E-state index contributed by atoms with van der Waals surface area (Å²) in [4.78, 5) is 117. The van der Waals surface area contributed by atoms with E-state index in [0.717, 1.165) is 137 Å². The minimum atomic E-state index is -0.962. The Balaban J connectivity index is 0.000000188. The maximum absolute atomic E-state index is 12.9. The number of carbonyl (C=O) groups is 8. The molecular weight excluding hydrogens is 1890 g/mol. The SMILES string of the molecule is C=CC(=O)OC.CC.CC1(C)OB(c2c3n(c4ccccc24)CCC3=O)OC1(C)C.CCOC(=O)C1=Cc2ccccc2C1.COC(=O)C1Cn2c(cc3ccccc32)C1=O.COc1cc(F)c([N+](=O)[O-])cc1N.Cl.Clc1ccnc(Cl)n1.O=C1CCn2c1c(-c1ccnc(Cl)n1)c1ccccc12.O=C1CCn2c1c(Br)c1ccccc12.O=C1CCn2c1cc1ccccc12.[B]=NS.[H-].[Na+]. The Morgan fingerprint density at radius 2 is 1.14 bits per heavy atom. The molecule has 38 heteroatoms. The number of fused-ring (bicyclic) bond motifs is 16. The molecule has 0 saturated carbocycles. The van der Waals surface area contributed by atoms with Crippen LogP contribution in [0.3, 0.4) is 0 Å². The molecule has 689 valence electrons. The van der Waals surface area contributed by atoms with E-state index in [1.165, 1.54) is 44.0 Å². The number of nitrogens with zero attached hydrogens (tertiary/aromatic N) is 11. The zero-order chi connectivity index (χ0) is 95.6. The second kappa shape index (κ2) is 48.0. The van der Waals surface area contributed by atoms with Crippen molar-refractivity contribution in [1.29, 1.82) is 0 Å². The Hall–Kier alpha value is -11.6. The molecule has 134 heavy (non-hydrogen) atoms. The average molecular weight is 1990 g/mol. The molecule has 6 aliphatic heterocycles. The van der Waals surface area contributed by atoms with E-state index in [-0.39, 0.29) is 100 Å². The quantitative estimate of drug-likeness (QED) is 0.0122. The number of halogens is 6. The van der Waals surface area contributed by atoms with E-state index in [2.05, 4.69) is 118 Å². The molecule has 1 fully saturated rings. The molecule has 1 atom stereocenters. The van der Waals surface area contributed by atoms with Crippen LogP contribution in [0, 0.1) is 21.8 Å². The van der Waals surface area contributed by atoms with Crippen LogP contribution in [0.5, 0.6) is 5.75 Å². The van der Waals surface area contributed by atoms with Crippen LogP contribution in [0.2, 0.25) is 15.7 Å². The number of para-hydroxylation sites is 5. The van der Waals surface area contributed by atoms with Gasteiger partial charge in [0.1, 0.15) is 16.8 Å². The molecule has 14 aromatic rings. The fourth-order valence-corrected chi connectivity index (χ4v) is 16.9. The molecule has 2 N–H and O–H groups in total. The molecule has 21 rings (SSSR count). The van der Waals surface area contributed by atoms with E-state index in [0.29, 0.717) is 61.8 Å². The third-order valence-corrected chi connectivity index (χ3v) is 23.8. The van der Waals surface area contributed by atoms with Gasteiger partial charge in [0.05, 0.1) is 88.4 Å². The number of methoxy groups -OCH3 is 3. The predicted octanol–water partition coefficient (Wildman–Crippen LogP) is 17.1. The Morgan fingerprint density at radius 1 is 0.664 bits per heavy atom. The van der Waals surface area contributed by atoms with Gasteiger partial charge in [0, 0.05) is 167 Å². The fourth-order valence-electron chi connectivity index (χ4n) is 15.7. The van der Waals surface area contributed by atoms with Crippen LogP contribution in [0.25, 0.3) is 71.8 Å². The molecule has 1 radical (unpaired) electrons. The van der Waals surface area contributed by atoms with Crippen LogP contribution in [0.1, 0.15) is 139 Å². The van der Waals surface area contributed by atoms with Gasteiger partial charge in [0.15, 0.2) is 28.9 Å². The number of esters is 3. The van der Waals surface area contributed by atoms with Gasteiger partial charge in [-0.3, -0.25) is 38.9 Å². The average Bonchev–Trinajstić information content (AvgIpc) is 1.57. The summed E-state index contributed by atoms with van der Waals surface area (Å²) in [5.41, 5.74) is 18.8. The molecule has 7 aliphatic rings. The van der Waals surface area contributed by atoms with Crippen LogP contribution < -0.4 is 45.5 Å². The zero-order valence-corrected chi connectivity index (χ0v) is 82.7. The molecule has 1 unspecified atom stereocenters. The molecule has 0 spiro atoms. The third kappa shape index (κ3) is 23.8. The molecule has 1 saturated heterocycles. The Morgan fingerprint density at radius 3 is 1.67 bits per heavy atom. The molecule has 28 nitrogen and oxygen atoms in total. The van der Waals surface area contributed by atoms with Crippen molar-refractivity contribution in [3.8, 4) is 17.0 Å². The summed E-state index contributed by atoms with van der Waals surface area (Å²) >= 11 is 23.3. The number of aryl methyl sites for hydroxylation is 4. The topological polar surface area (TPSA) is 350 Å². The number of carbonyl (C=O) groups excluding carboxylic acids is 8. The number of nitro groups is 1. The number of nitro benzene ring substituents is 1. The van der Waals surface area contributed by atoms with Crippen LogP contribution in [-0.4, -0.2) is 148 Å². The van der Waals surface area contributed by atoms with E-state index >= 15 is 0 Å². The minimum Gasteiger partial charge on any atom is -1.00 e. The van der Waals surface area contributed by atoms with Gasteiger partial charge in [-0.05, 0) is 146 Å². The van der Waals surface area contributed by atoms with Crippen molar-refractivity contribution in [1.82, 2.24) is 42.8 Å². The summed E-state index contributed by atoms with van der Waals surface area (Å²) in [6.07, 6.45) is 9.25. The van der Waals surface area contributed by atoms with Gasteiger partial charge in [-0.25, -0.2) is 29.5 Å². The van der Waals surface area contributed by atoms with Crippen molar-refractivity contribution < 1.29 is 107 Å².